The first-order valence-corrected chi connectivity index (χ1v) is 11.1. The molecule has 1 N–H and O–H groups in total. The number of amides is 1. The Morgan fingerprint density at radius 1 is 1.22 bits per heavy atom. The molecule has 0 atom stereocenters. The van der Waals surface area contributed by atoms with Gasteiger partial charge in [0.2, 0.25) is 5.91 Å². The van der Waals surface area contributed by atoms with E-state index in [0.717, 1.165) is 27.5 Å². The number of hydrogen-bond donors (Lipinski definition) is 1. The first-order valence-electron chi connectivity index (χ1n) is 9.33. The molecule has 0 bridgehead atoms. The number of nitrogens with one attached hydrogen (secondary N) is 1. The van der Waals surface area contributed by atoms with E-state index >= 15 is 0 Å². The van der Waals surface area contributed by atoms with Crippen LogP contribution in [-0.2, 0) is 11.2 Å². The molecule has 4 rings (SSSR count). The van der Waals surface area contributed by atoms with Crippen molar-refractivity contribution in [2.45, 2.75) is 44.1 Å². The zero-order valence-corrected chi connectivity index (χ0v) is 17.3. The van der Waals surface area contributed by atoms with Crippen LogP contribution in [0.2, 0.25) is 0 Å². The van der Waals surface area contributed by atoms with Gasteiger partial charge in [0.05, 0.1) is 5.75 Å². The summed E-state index contributed by atoms with van der Waals surface area (Å²) in [5, 5.41) is 5.11. The highest BCUT2D eigenvalue weighted by molar-refractivity contribution is 8.00. The highest BCUT2D eigenvalue weighted by atomic mass is 32.2. The molecule has 27 heavy (non-hydrogen) atoms. The molecule has 1 fully saturated rings. The monoisotopic (exact) mass is 397 g/mol. The number of hydrogen-bond acceptors (Lipinski definition) is 5. The lowest BCUT2D eigenvalue weighted by Gasteiger charge is -2.08. The molecule has 0 spiro atoms. The third-order valence-electron chi connectivity index (χ3n) is 4.87. The Balaban J connectivity index is 1.41. The number of thioether (sulfide) groups is 1. The van der Waals surface area contributed by atoms with Gasteiger partial charge in [0.25, 0.3) is 0 Å². The molecule has 1 aromatic carbocycles. The molecule has 2 aromatic heterocycles. The Bertz CT molecular complexity index is 964. The molecular weight excluding hydrogens is 374 g/mol. The average molecular weight is 398 g/mol. The Labute approximate surface area is 167 Å². The molecule has 6 heteroatoms. The lowest BCUT2D eigenvalue weighted by Crippen LogP contribution is -2.27. The summed E-state index contributed by atoms with van der Waals surface area (Å²) in [4.78, 5) is 24.2. The number of fused-ring (bicyclic) bond motifs is 1. The van der Waals surface area contributed by atoms with E-state index in [1.54, 1.807) is 11.3 Å². The summed E-state index contributed by atoms with van der Waals surface area (Å²) in [6.45, 7) is 4.91. The van der Waals surface area contributed by atoms with Crippen LogP contribution in [0.5, 0.6) is 0 Å². The van der Waals surface area contributed by atoms with E-state index in [0.29, 0.717) is 18.2 Å². The molecule has 0 saturated heterocycles. The number of nitrogens with zero attached hydrogens (tertiary/aromatic N) is 2. The molecule has 1 aliphatic carbocycles. The number of carbonyl (C=O) groups is 1. The van der Waals surface area contributed by atoms with Crippen LogP contribution in [0.25, 0.3) is 10.2 Å². The van der Waals surface area contributed by atoms with Gasteiger partial charge in [0, 0.05) is 22.7 Å². The number of aromatic nitrogens is 2. The maximum Gasteiger partial charge on any atom is 0.230 e. The van der Waals surface area contributed by atoms with E-state index in [1.807, 2.05) is 18.2 Å². The van der Waals surface area contributed by atoms with E-state index < -0.39 is 0 Å². The maximum absolute atomic E-state index is 12.3. The molecule has 1 amide bonds. The minimum absolute atomic E-state index is 0.0558. The summed E-state index contributed by atoms with van der Waals surface area (Å²) < 4.78 is 0. The van der Waals surface area contributed by atoms with E-state index in [4.69, 9.17) is 9.97 Å². The Morgan fingerprint density at radius 3 is 2.74 bits per heavy atom. The number of thiophene rings is 1. The summed E-state index contributed by atoms with van der Waals surface area (Å²) >= 11 is 3.27. The molecule has 0 radical (unpaired) electrons. The lowest BCUT2D eigenvalue weighted by atomic mass is 10.1. The largest absolute Gasteiger partial charge is 0.355 e. The third kappa shape index (κ3) is 4.33. The van der Waals surface area contributed by atoms with Crippen LogP contribution in [0.4, 0.5) is 0 Å². The number of benzene rings is 1. The number of carbonyl (C=O) groups excluding carboxylic acids is 1. The van der Waals surface area contributed by atoms with Crippen LogP contribution in [-0.4, -0.2) is 28.2 Å². The molecule has 3 aromatic rings. The molecule has 1 aliphatic rings. The topological polar surface area (TPSA) is 54.9 Å². The summed E-state index contributed by atoms with van der Waals surface area (Å²) in [7, 11) is 0. The highest BCUT2D eigenvalue weighted by Gasteiger charge is 2.28. The standard InChI is InChI=1S/C21H23N3OS2/c1-13-14(2)27-21-18(13)20(23-19(24-21)16-8-9-16)26-12-17(25)22-11-10-15-6-4-3-5-7-15/h3-7,16H,8-12H2,1-2H3,(H,22,25). The van der Waals surface area contributed by atoms with Crippen molar-refractivity contribution in [3.63, 3.8) is 0 Å². The second-order valence-corrected chi connectivity index (χ2v) is 9.17. The van der Waals surface area contributed by atoms with Gasteiger partial charge in [0.15, 0.2) is 0 Å². The Morgan fingerprint density at radius 2 is 2.00 bits per heavy atom. The Hall–Kier alpha value is -1.92. The second-order valence-electron chi connectivity index (χ2n) is 7.00. The first-order chi connectivity index (χ1) is 13.1. The lowest BCUT2D eigenvalue weighted by molar-refractivity contribution is -0.118. The number of aryl methyl sites for hydroxylation is 2. The maximum atomic E-state index is 12.3. The fourth-order valence-electron chi connectivity index (χ4n) is 3.03. The highest BCUT2D eigenvalue weighted by Crippen LogP contribution is 2.42. The fraction of sp³-hybridized carbons (Fsp3) is 0.381. The van der Waals surface area contributed by atoms with Crippen LogP contribution < -0.4 is 5.32 Å². The summed E-state index contributed by atoms with van der Waals surface area (Å²) in [6.07, 6.45) is 3.21. The molecule has 1 saturated carbocycles. The van der Waals surface area contributed by atoms with Gasteiger partial charge < -0.3 is 5.32 Å². The van der Waals surface area contributed by atoms with Gasteiger partial charge in [0.1, 0.15) is 15.7 Å². The van der Waals surface area contributed by atoms with Gasteiger partial charge in [-0.2, -0.15) is 0 Å². The summed E-state index contributed by atoms with van der Waals surface area (Å²) in [6, 6.07) is 10.2. The molecular formula is C21H23N3OS2. The van der Waals surface area contributed by atoms with Gasteiger partial charge in [-0.1, -0.05) is 42.1 Å². The zero-order valence-electron chi connectivity index (χ0n) is 15.6. The smallest absolute Gasteiger partial charge is 0.230 e. The van der Waals surface area contributed by atoms with Gasteiger partial charge in [-0.3, -0.25) is 4.79 Å². The summed E-state index contributed by atoms with van der Waals surface area (Å²) in [5.41, 5.74) is 2.48. The van der Waals surface area contributed by atoms with Gasteiger partial charge in [-0.05, 0) is 44.2 Å². The van der Waals surface area contributed by atoms with Crippen molar-refractivity contribution in [1.29, 1.82) is 0 Å². The van der Waals surface area contributed by atoms with Crippen LogP contribution in [0, 0.1) is 13.8 Å². The van der Waals surface area contributed by atoms with Crippen LogP contribution >= 0.6 is 23.1 Å². The van der Waals surface area contributed by atoms with Crippen LogP contribution in [0.1, 0.15) is 40.6 Å². The average Bonchev–Trinajstić information content (AvgIpc) is 3.47. The van der Waals surface area contributed by atoms with Crippen molar-refractivity contribution in [1.82, 2.24) is 15.3 Å². The van der Waals surface area contributed by atoms with Crippen molar-refractivity contribution in [2.75, 3.05) is 12.3 Å². The zero-order chi connectivity index (χ0) is 18.8. The molecule has 0 aliphatic heterocycles. The minimum atomic E-state index is 0.0558. The van der Waals surface area contributed by atoms with Crippen molar-refractivity contribution < 1.29 is 4.79 Å². The third-order valence-corrected chi connectivity index (χ3v) is 6.95. The predicted molar refractivity (Wildman–Crippen MR) is 113 cm³/mol. The molecule has 0 unspecified atom stereocenters. The van der Waals surface area contributed by atoms with E-state index in [2.05, 4.69) is 31.3 Å². The SMILES string of the molecule is Cc1sc2nc(C3CC3)nc(SCC(=O)NCCc3ccccc3)c2c1C. The molecule has 4 nitrogen and oxygen atoms in total. The van der Waals surface area contributed by atoms with E-state index in [1.165, 1.54) is 40.6 Å². The van der Waals surface area contributed by atoms with Crippen molar-refractivity contribution >= 4 is 39.2 Å². The molecule has 140 valence electrons. The normalized spacial score (nSPS) is 13.9. The van der Waals surface area contributed by atoms with E-state index in [-0.39, 0.29) is 5.91 Å². The van der Waals surface area contributed by atoms with Gasteiger partial charge >= 0.3 is 0 Å². The number of rotatable bonds is 7. The second kappa shape index (κ2) is 7.98. The van der Waals surface area contributed by atoms with Gasteiger partial charge in [-0.25, -0.2) is 9.97 Å². The Kier molecular flexibility index (Phi) is 5.45. The minimum Gasteiger partial charge on any atom is -0.355 e. The van der Waals surface area contributed by atoms with Crippen LogP contribution in [0.3, 0.4) is 0 Å². The quantitative estimate of drug-likeness (QED) is 0.466. The first kappa shape index (κ1) is 18.4. The van der Waals surface area contributed by atoms with Crippen molar-refractivity contribution in [3.05, 3.63) is 52.2 Å². The van der Waals surface area contributed by atoms with Crippen molar-refractivity contribution in [2.24, 2.45) is 0 Å². The summed E-state index contributed by atoms with van der Waals surface area (Å²) in [5.74, 6) is 1.91. The van der Waals surface area contributed by atoms with Crippen molar-refractivity contribution in [3.8, 4) is 0 Å². The fourth-order valence-corrected chi connectivity index (χ4v) is 5.06. The predicted octanol–water partition coefficient (Wildman–Crippen LogP) is 4.64. The van der Waals surface area contributed by atoms with E-state index in [9.17, 15) is 4.79 Å². The molecule has 2 heterocycles. The van der Waals surface area contributed by atoms with Gasteiger partial charge in [-0.15, -0.1) is 11.3 Å². The van der Waals surface area contributed by atoms with Crippen LogP contribution in [0.15, 0.2) is 35.4 Å².